The molecule has 6 nitrogen and oxygen atoms in total. The van der Waals surface area contributed by atoms with Crippen LogP contribution in [-0.4, -0.2) is 44.7 Å². The third-order valence-corrected chi connectivity index (χ3v) is 4.23. The minimum Gasteiger partial charge on any atom is -0.381 e. The average molecular weight is 331 g/mol. The van der Waals surface area contributed by atoms with Crippen molar-refractivity contribution < 1.29 is 9.18 Å². The Bertz CT molecular complexity index is 644. The smallest absolute Gasteiger partial charge is 0.222 e. The normalized spacial score (nSPS) is 17.7. The maximum atomic E-state index is 13.0. The molecular formula is C17H22FN5O. The molecule has 1 saturated heterocycles. The number of likely N-dealkylation sites (tertiary alicyclic amines) is 1. The quantitative estimate of drug-likeness (QED) is 0.882. The second-order valence-electron chi connectivity index (χ2n) is 6.09. The van der Waals surface area contributed by atoms with Gasteiger partial charge in [-0.25, -0.2) is 9.37 Å². The first-order valence-electron chi connectivity index (χ1n) is 8.33. The van der Waals surface area contributed by atoms with Crippen LogP contribution in [0.3, 0.4) is 0 Å². The van der Waals surface area contributed by atoms with Crippen LogP contribution in [0.4, 0.5) is 10.1 Å². The highest BCUT2D eigenvalue weighted by atomic mass is 19.1. The summed E-state index contributed by atoms with van der Waals surface area (Å²) in [5, 5.41) is 7.42. The molecule has 1 aliphatic heterocycles. The predicted octanol–water partition coefficient (Wildman–Crippen LogP) is 2.30. The van der Waals surface area contributed by atoms with Gasteiger partial charge in [0.25, 0.3) is 0 Å². The maximum Gasteiger partial charge on any atom is 0.222 e. The molecule has 0 unspecified atom stereocenters. The van der Waals surface area contributed by atoms with E-state index in [9.17, 15) is 9.18 Å². The number of benzene rings is 1. The van der Waals surface area contributed by atoms with Crippen LogP contribution < -0.4 is 5.32 Å². The van der Waals surface area contributed by atoms with Crippen molar-refractivity contribution in [3.8, 4) is 0 Å². The van der Waals surface area contributed by atoms with E-state index in [-0.39, 0.29) is 17.8 Å². The minimum atomic E-state index is -0.242. The molecule has 0 spiro atoms. The lowest BCUT2D eigenvalue weighted by atomic mass is 10.0. The highest BCUT2D eigenvalue weighted by Gasteiger charge is 2.23. The Morgan fingerprint density at radius 3 is 2.92 bits per heavy atom. The lowest BCUT2D eigenvalue weighted by Gasteiger charge is -2.33. The van der Waals surface area contributed by atoms with Gasteiger partial charge in [-0.15, -0.1) is 0 Å². The van der Waals surface area contributed by atoms with Crippen molar-refractivity contribution in [2.24, 2.45) is 0 Å². The number of amides is 1. The van der Waals surface area contributed by atoms with Crippen molar-refractivity contribution in [3.63, 3.8) is 0 Å². The zero-order valence-electron chi connectivity index (χ0n) is 13.6. The van der Waals surface area contributed by atoms with E-state index in [1.165, 1.54) is 18.5 Å². The van der Waals surface area contributed by atoms with Crippen molar-refractivity contribution in [3.05, 3.63) is 42.7 Å². The minimum absolute atomic E-state index is 0.181. The van der Waals surface area contributed by atoms with Crippen LogP contribution in [0.25, 0.3) is 0 Å². The van der Waals surface area contributed by atoms with Gasteiger partial charge in [-0.05, 0) is 43.5 Å². The highest BCUT2D eigenvalue weighted by molar-refractivity contribution is 5.76. The molecule has 1 aliphatic rings. The molecule has 1 N–H and O–H groups in total. The van der Waals surface area contributed by atoms with Gasteiger partial charge in [0.15, 0.2) is 0 Å². The van der Waals surface area contributed by atoms with Gasteiger partial charge in [0.05, 0.1) is 0 Å². The third kappa shape index (κ3) is 4.53. The first-order chi connectivity index (χ1) is 11.7. The molecule has 0 saturated carbocycles. The summed E-state index contributed by atoms with van der Waals surface area (Å²) in [6, 6.07) is 6.56. The van der Waals surface area contributed by atoms with Gasteiger partial charge in [-0.1, -0.05) is 0 Å². The largest absolute Gasteiger partial charge is 0.381 e. The SMILES string of the molecule is O=C(CCCn1cncn1)N1CCC[C@H](Nc2ccc(F)cc2)C1. The first-order valence-corrected chi connectivity index (χ1v) is 8.33. The molecule has 1 atom stereocenters. The van der Waals surface area contributed by atoms with E-state index in [1.54, 1.807) is 23.1 Å². The molecule has 7 heteroatoms. The summed E-state index contributed by atoms with van der Waals surface area (Å²) in [5.74, 6) is -0.0610. The Kier molecular flexibility index (Phi) is 5.40. The van der Waals surface area contributed by atoms with Gasteiger partial charge in [0.2, 0.25) is 5.91 Å². The molecule has 2 aromatic rings. The number of aromatic nitrogens is 3. The van der Waals surface area contributed by atoms with Crippen LogP contribution in [0, 0.1) is 5.82 Å². The highest BCUT2D eigenvalue weighted by Crippen LogP contribution is 2.17. The van der Waals surface area contributed by atoms with E-state index in [2.05, 4.69) is 15.4 Å². The summed E-state index contributed by atoms with van der Waals surface area (Å²) >= 11 is 0. The van der Waals surface area contributed by atoms with E-state index in [0.717, 1.165) is 31.5 Å². The fraction of sp³-hybridized carbons (Fsp3) is 0.471. The summed E-state index contributed by atoms with van der Waals surface area (Å²) in [5.41, 5.74) is 0.891. The number of carbonyl (C=O) groups is 1. The van der Waals surface area contributed by atoms with Crippen LogP contribution in [0.2, 0.25) is 0 Å². The molecule has 128 valence electrons. The van der Waals surface area contributed by atoms with E-state index in [4.69, 9.17) is 0 Å². The number of nitrogens with one attached hydrogen (secondary N) is 1. The number of hydrogen-bond donors (Lipinski definition) is 1. The molecule has 0 aliphatic carbocycles. The van der Waals surface area contributed by atoms with Gasteiger partial charge >= 0.3 is 0 Å². The van der Waals surface area contributed by atoms with Crippen molar-refractivity contribution in [2.45, 2.75) is 38.3 Å². The lowest BCUT2D eigenvalue weighted by molar-refractivity contribution is -0.132. The molecule has 24 heavy (non-hydrogen) atoms. The van der Waals surface area contributed by atoms with E-state index in [1.807, 2.05) is 4.90 Å². The first kappa shape index (κ1) is 16.4. The van der Waals surface area contributed by atoms with E-state index >= 15 is 0 Å². The molecular weight excluding hydrogens is 309 g/mol. The molecule has 0 bridgehead atoms. The number of halogens is 1. The summed E-state index contributed by atoms with van der Waals surface area (Å²) in [4.78, 5) is 18.2. The summed E-state index contributed by atoms with van der Waals surface area (Å²) in [6.07, 6.45) is 6.43. The molecule has 1 aromatic carbocycles. The van der Waals surface area contributed by atoms with Crippen molar-refractivity contribution in [2.75, 3.05) is 18.4 Å². The van der Waals surface area contributed by atoms with Gasteiger partial charge in [-0.2, -0.15) is 5.10 Å². The molecule has 1 aromatic heterocycles. The molecule has 2 heterocycles. The van der Waals surface area contributed by atoms with Crippen LogP contribution in [0.15, 0.2) is 36.9 Å². The molecule has 1 amide bonds. The average Bonchev–Trinajstić information content (AvgIpc) is 3.10. The fourth-order valence-corrected chi connectivity index (χ4v) is 3.00. The Hall–Kier alpha value is -2.44. The number of hydrogen-bond acceptors (Lipinski definition) is 4. The Morgan fingerprint density at radius 2 is 2.17 bits per heavy atom. The summed E-state index contributed by atoms with van der Waals surface area (Å²) < 4.78 is 14.7. The van der Waals surface area contributed by atoms with Crippen LogP contribution in [0.1, 0.15) is 25.7 Å². The van der Waals surface area contributed by atoms with Gasteiger partial charge in [0, 0.05) is 37.8 Å². The molecule has 0 radical (unpaired) electrons. The monoisotopic (exact) mass is 331 g/mol. The van der Waals surface area contributed by atoms with Gasteiger partial charge in [0.1, 0.15) is 18.5 Å². The zero-order valence-corrected chi connectivity index (χ0v) is 13.6. The van der Waals surface area contributed by atoms with Crippen LogP contribution in [0.5, 0.6) is 0 Å². The Labute approximate surface area is 140 Å². The van der Waals surface area contributed by atoms with Crippen molar-refractivity contribution in [1.82, 2.24) is 19.7 Å². The van der Waals surface area contributed by atoms with E-state index < -0.39 is 0 Å². The zero-order chi connectivity index (χ0) is 16.8. The number of rotatable bonds is 6. The third-order valence-electron chi connectivity index (χ3n) is 4.23. The summed E-state index contributed by atoms with van der Waals surface area (Å²) in [6.45, 7) is 2.21. The summed E-state index contributed by atoms with van der Waals surface area (Å²) in [7, 11) is 0. The van der Waals surface area contributed by atoms with Crippen molar-refractivity contribution >= 4 is 11.6 Å². The molecule has 1 fully saturated rings. The number of aryl methyl sites for hydroxylation is 1. The number of piperidine rings is 1. The Balaban J connectivity index is 1.45. The standard InChI is InChI=1S/C17H22FN5O/c18-14-5-7-15(8-6-14)21-16-3-1-9-22(11-16)17(24)4-2-10-23-13-19-12-20-23/h5-8,12-13,16,21H,1-4,9-11H2/t16-/m0/s1. The second-order valence-corrected chi connectivity index (χ2v) is 6.09. The second kappa shape index (κ2) is 7.90. The maximum absolute atomic E-state index is 13.0. The number of nitrogens with zero attached hydrogens (tertiary/aromatic N) is 4. The fourth-order valence-electron chi connectivity index (χ4n) is 3.00. The lowest BCUT2D eigenvalue weighted by Crippen LogP contribution is -2.45. The van der Waals surface area contributed by atoms with Gasteiger partial charge < -0.3 is 10.2 Å². The van der Waals surface area contributed by atoms with Gasteiger partial charge in [-0.3, -0.25) is 9.48 Å². The van der Waals surface area contributed by atoms with Crippen LogP contribution in [-0.2, 0) is 11.3 Å². The topological polar surface area (TPSA) is 63.1 Å². The van der Waals surface area contributed by atoms with Crippen LogP contribution >= 0.6 is 0 Å². The molecule has 3 rings (SSSR count). The predicted molar refractivity (Wildman–Crippen MR) is 88.9 cm³/mol. The Morgan fingerprint density at radius 1 is 1.33 bits per heavy atom. The number of anilines is 1. The van der Waals surface area contributed by atoms with Crippen molar-refractivity contribution in [1.29, 1.82) is 0 Å². The van der Waals surface area contributed by atoms with E-state index in [0.29, 0.717) is 19.5 Å². The number of carbonyl (C=O) groups excluding carboxylic acids is 1.